The van der Waals surface area contributed by atoms with Crippen LogP contribution in [0.4, 0.5) is 0 Å². The summed E-state index contributed by atoms with van der Waals surface area (Å²) < 4.78 is 5.06. The van der Waals surface area contributed by atoms with Crippen LogP contribution >= 0.6 is 27.5 Å². The van der Waals surface area contributed by atoms with E-state index in [-0.39, 0.29) is 22.9 Å². The van der Waals surface area contributed by atoms with Gasteiger partial charge in [-0.15, -0.1) is 0 Å². The normalized spacial score (nSPS) is 12.1. The molecular formula is C13H11BrClNO2. The minimum absolute atomic E-state index is 0.109. The van der Waals surface area contributed by atoms with Gasteiger partial charge >= 0.3 is 0 Å². The lowest BCUT2D eigenvalue weighted by atomic mass is 10.1. The zero-order chi connectivity index (χ0) is 13.0. The Morgan fingerprint density at radius 1 is 1.28 bits per heavy atom. The van der Waals surface area contributed by atoms with Gasteiger partial charge in [0.1, 0.15) is 0 Å². The molecular weight excluding hydrogens is 318 g/mol. The molecule has 0 bridgehead atoms. The molecule has 1 unspecified atom stereocenters. The van der Waals surface area contributed by atoms with Crippen LogP contribution in [0.3, 0.4) is 0 Å². The molecule has 1 N–H and O–H groups in total. The Labute approximate surface area is 118 Å². The van der Waals surface area contributed by atoms with Gasteiger partial charge in [0.2, 0.25) is 0 Å². The predicted octanol–water partition coefficient (Wildman–Crippen LogP) is 3.80. The summed E-state index contributed by atoms with van der Waals surface area (Å²) in [6.07, 6.45) is 0. The van der Waals surface area contributed by atoms with E-state index in [2.05, 4.69) is 21.2 Å². The number of rotatable bonds is 4. The molecule has 1 aromatic carbocycles. The number of alkyl halides is 1. The lowest BCUT2D eigenvalue weighted by Crippen LogP contribution is -2.29. The average Bonchev–Trinajstić information content (AvgIpc) is 2.83. The average molecular weight is 329 g/mol. The fourth-order valence-corrected chi connectivity index (χ4v) is 2.24. The number of hydrogen-bond acceptors (Lipinski definition) is 2. The minimum Gasteiger partial charge on any atom is -0.440 e. The largest absolute Gasteiger partial charge is 0.440 e. The zero-order valence-electron chi connectivity index (χ0n) is 9.40. The molecule has 94 valence electrons. The highest BCUT2D eigenvalue weighted by Gasteiger charge is 2.16. The van der Waals surface area contributed by atoms with Gasteiger partial charge in [0.25, 0.3) is 5.91 Å². The number of nitrogens with one attached hydrogen (secondary N) is 1. The first-order valence-corrected chi connectivity index (χ1v) is 6.88. The van der Waals surface area contributed by atoms with Gasteiger partial charge in [-0.1, -0.05) is 46.3 Å². The number of benzene rings is 1. The number of halogens is 2. The molecule has 0 saturated carbocycles. The van der Waals surface area contributed by atoms with E-state index >= 15 is 0 Å². The molecule has 1 atom stereocenters. The maximum atomic E-state index is 11.9. The SMILES string of the molecule is O=C(NC(CBr)c1ccccc1)c1ccc(Cl)o1. The third-order valence-electron chi connectivity index (χ3n) is 2.46. The van der Waals surface area contributed by atoms with Crippen LogP contribution in [0.1, 0.15) is 22.2 Å². The van der Waals surface area contributed by atoms with Crippen molar-refractivity contribution in [1.82, 2.24) is 5.32 Å². The Bertz CT molecular complexity index is 527. The van der Waals surface area contributed by atoms with Crippen LogP contribution in [0.25, 0.3) is 0 Å². The number of carbonyl (C=O) groups is 1. The van der Waals surface area contributed by atoms with Crippen LogP contribution < -0.4 is 5.32 Å². The first-order chi connectivity index (χ1) is 8.70. The third-order valence-corrected chi connectivity index (χ3v) is 3.31. The molecule has 0 aliphatic carbocycles. The van der Waals surface area contributed by atoms with E-state index in [9.17, 15) is 4.79 Å². The summed E-state index contributed by atoms with van der Waals surface area (Å²) in [7, 11) is 0. The molecule has 0 radical (unpaired) electrons. The van der Waals surface area contributed by atoms with Crippen molar-refractivity contribution in [3.63, 3.8) is 0 Å². The van der Waals surface area contributed by atoms with Crippen molar-refractivity contribution in [3.8, 4) is 0 Å². The molecule has 2 rings (SSSR count). The highest BCUT2D eigenvalue weighted by molar-refractivity contribution is 9.09. The summed E-state index contributed by atoms with van der Waals surface area (Å²) in [6, 6.07) is 12.7. The zero-order valence-corrected chi connectivity index (χ0v) is 11.7. The lowest BCUT2D eigenvalue weighted by molar-refractivity contribution is 0.0913. The van der Waals surface area contributed by atoms with Gasteiger partial charge in [-0.2, -0.15) is 0 Å². The Morgan fingerprint density at radius 3 is 2.56 bits per heavy atom. The molecule has 1 heterocycles. The summed E-state index contributed by atoms with van der Waals surface area (Å²) in [6.45, 7) is 0. The summed E-state index contributed by atoms with van der Waals surface area (Å²) in [4.78, 5) is 11.9. The summed E-state index contributed by atoms with van der Waals surface area (Å²) in [5.74, 6) is -0.0721. The van der Waals surface area contributed by atoms with Crippen molar-refractivity contribution in [2.24, 2.45) is 0 Å². The van der Waals surface area contributed by atoms with Crippen molar-refractivity contribution in [2.75, 3.05) is 5.33 Å². The number of carbonyl (C=O) groups excluding carboxylic acids is 1. The van der Waals surface area contributed by atoms with E-state index in [1.807, 2.05) is 30.3 Å². The number of amides is 1. The van der Waals surface area contributed by atoms with E-state index in [0.717, 1.165) is 5.56 Å². The molecule has 18 heavy (non-hydrogen) atoms. The molecule has 1 amide bonds. The van der Waals surface area contributed by atoms with Gasteiger partial charge in [0.05, 0.1) is 6.04 Å². The third kappa shape index (κ3) is 3.15. The second kappa shape index (κ2) is 6.07. The molecule has 5 heteroatoms. The van der Waals surface area contributed by atoms with Crippen molar-refractivity contribution < 1.29 is 9.21 Å². The first kappa shape index (κ1) is 13.2. The first-order valence-electron chi connectivity index (χ1n) is 5.38. The number of furan rings is 1. The Kier molecular flexibility index (Phi) is 4.44. The molecule has 0 aliphatic heterocycles. The van der Waals surface area contributed by atoms with Gasteiger partial charge in [0, 0.05) is 5.33 Å². The van der Waals surface area contributed by atoms with Crippen molar-refractivity contribution >= 4 is 33.4 Å². The fraction of sp³-hybridized carbons (Fsp3) is 0.154. The topological polar surface area (TPSA) is 42.2 Å². The Hall–Kier alpha value is -1.26. The molecule has 1 aromatic heterocycles. The molecule has 0 spiro atoms. The van der Waals surface area contributed by atoms with Gasteiger partial charge in [-0.05, 0) is 29.3 Å². The van der Waals surface area contributed by atoms with E-state index in [4.69, 9.17) is 16.0 Å². The molecule has 3 nitrogen and oxygen atoms in total. The quantitative estimate of drug-likeness (QED) is 0.868. The van der Waals surface area contributed by atoms with E-state index in [0.29, 0.717) is 5.33 Å². The summed E-state index contributed by atoms with van der Waals surface area (Å²) in [5.41, 5.74) is 1.03. The van der Waals surface area contributed by atoms with E-state index < -0.39 is 0 Å². The molecule has 0 fully saturated rings. The lowest BCUT2D eigenvalue weighted by Gasteiger charge is -2.15. The Balaban J connectivity index is 2.10. The van der Waals surface area contributed by atoms with Crippen LogP contribution in [-0.4, -0.2) is 11.2 Å². The molecule has 2 aromatic rings. The van der Waals surface area contributed by atoms with Crippen LogP contribution in [0.5, 0.6) is 0 Å². The van der Waals surface area contributed by atoms with Crippen molar-refractivity contribution in [2.45, 2.75) is 6.04 Å². The second-order valence-electron chi connectivity index (χ2n) is 3.69. The maximum absolute atomic E-state index is 11.9. The van der Waals surface area contributed by atoms with Gasteiger partial charge in [-0.3, -0.25) is 4.79 Å². The molecule has 0 saturated heterocycles. The standard InChI is InChI=1S/C13H11BrClNO2/c14-8-10(9-4-2-1-3-5-9)16-13(17)11-6-7-12(15)18-11/h1-7,10H,8H2,(H,16,17). The number of hydrogen-bond donors (Lipinski definition) is 1. The smallest absolute Gasteiger partial charge is 0.287 e. The highest BCUT2D eigenvalue weighted by Crippen LogP contribution is 2.17. The summed E-state index contributed by atoms with van der Waals surface area (Å²) in [5, 5.41) is 3.70. The summed E-state index contributed by atoms with van der Waals surface area (Å²) >= 11 is 9.02. The van der Waals surface area contributed by atoms with Crippen molar-refractivity contribution in [3.05, 3.63) is 59.0 Å². The highest BCUT2D eigenvalue weighted by atomic mass is 79.9. The van der Waals surface area contributed by atoms with Crippen LogP contribution in [-0.2, 0) is 0 Å². The Morgan fingerprint density at radius 2 is 2.00 bits per heavy atom. The van der Waals surface area contributed by atoms with Crippen LogP contribution in [0.15, 0.2) is 46.9 Å². The van der Waals surface area contributed by atoms with Gasteiger partial charge < -0.3 is 9.73 Å². The maximum Gasteiger partial charge on any atom is 0.287 e. The second-order valence-corrected chi connectivity index (χ2v) is 4.71. The minimum atomic E-state index is -0.282. The van der Waals surface area contributed by atoms with Crippen LogP contribution in [0, 0.1) is 0 Å². The van der Waals surface area contributed by atoms with E-state index in [1.54, 1.807) is 12.1 Å². The molecule has 0 aliphatic rings. The van der Waals surface area contributed by atoms with Gasteiger partial charge in [0.15, 0.2) is 11.0 Å². The van der Waals surface area contributed by atoms with Crippen LogP contribution in [0.2, 0.25) is 5.22 Å². The van der Waals surface area contributed by atoms with Gasteiger partial charge in [-0.25, -0.2) is 0 Å². The van der Waals surface area contributed by atoms with Crippen molar-refractivity contribution in [1.29, 1.82) is 0 Å². The fourth-order valence-electron chi connectivity index (χ4n) is 1.56. The monoisotopic (exact) mass is 327 g/mol. The van der Waals surface area contributed by atoms with E-state index in [1.165, 1.54) is 0 Å². The predicted molar refractivity (Wildman–Crippen MR) is 74.2 cm³/mol.